The topological polar surface area (TPSA) is 64.3 Å². The molecule has 1 atom stereocenters. The van der Waals surface area contributed by atoms with Gasteiger partial charge in [0.05, 0.1) is 12.8 Å². The SMILES string of the molecule is COc1ccc(C(C)(C)C)cc1N[C@H](C)C(N)=O. The number of carbonyl (C=O) groups is 1. The average molecular weight is 250 g/mol. The Balaban J connectivity index is 3.10. The van der Waals surface area contributed by atoms with Crippen molar-refractivity contribution in [1.29, 1.82) is 0 Å². The van der Waals surface area contributed by atoms with Gasteiger partial charge in [-0.15, -0.1) is 0 Å². The molecule has 1 amide bonds. The molecule has 1 aromatic carbocycles. The van der Waals surface area contributed by atoms with Gasteiger partial charge in [-0.05, 0) is 30.0 Å². The first-order chi connectivity index (χ1) is 8.25. The van der Waals surface area contributed by atoms with Crippen molar-refractivity contribution in [1.82, 2.24) is 0 Å². The highest BCUT2D eigenvalue weighted by Gasteiger charge is 2.17. The first-order valence-corrected chi connectivity index (χ1v) is 6.00. The third kappa shape index (κ3) is 3.39. The monoisotopic (exact) mass is 250 g/mol. The van der Waals surface area contributed by atoms with Crippen molar-refractivity contribution in [3.05, 3.63) is 23.8 Å². The second-order valence-corrected chi connectivity index (χ2v) is 5.43. The highest BCUT2D eigenvalue weighted by atomic mass is 16.5. The fourth-order valence-electron chi connectivity index (χ4n) is 1.59. The van der Waals surface area contributed by atoms with Gasteiger partial charge in [-0.2, -0.15) is 0 Å². The smallest absolute Gasteiger partial charge is 0.239 e. The van der Waals surface area contributed by atoms with Crippen LogP contribution in [0.4, 0.5) is 5.69 Å². The number of carbonyl (C=O) groups excluding carboxylic acids is 1. The second kappa shape index (κ2) is 5.29. The summed E-state index contributed by atoms with van der Waals surface area (Å²) in [5.74, 6) is 0.314. The number of rotatable bonds is 4. The van der Waals surface area contributed by atoms with E-state index < -0.39 is 11.9 Å². The number of primary amides is 1. The van der Waals surface area contributed by atoms with Crippen LogP contribution in [0, 0.1) is 0 Å². The summed E-state index contributed by atoms with van der Waals surface area (Å²) in [6.45, 7) is 8.13. The highest BCUT2D eigenvalue weighted by Crippen LogP contribution is 2.31. The molecule has 0 saturated carbocycles. The van der Waals surface area contributed by atoms with Crippen LogP contribution in [0.1, 0.15) is 33.3 Å². The van der Waals surface area contributed by atoms with Gasteiger partial charge < -0.3 is 15.8 Å². The van der Waals surface area contributed by atoms with E-state index in [4.69, 9.17) is 10.5 Å². The Morgan fingerprint density at radius 2 is 2.00 bits per heavy atom. The van der Waals surface area contributed by atoms with E-state index in [9.17, 15) is 4.79 Å². The third-order valence-corrected chi connectivity index (χ3v) is 2.86. The van der Waals surface area contributed by atoms with Gasteiger partial charge in [0.1, 0.15) is 11.8 Å². The van der Waals surface area contributed by atoms with Crippen LogP contribution in [0.25, 0.3) is 0 Å². The number of hydrogen-bond donors (Lipinski definition) is 2. The Morgan fingerprint density at radius 1 is 1.39 bits per heavy atom. The quantitative estimate of drug-likeness (QED) is 0.861. The zero-order chi connectivity index (χ0) is 13.9. The lowest BCUT2D eigenvalue weighted by atomic mass is 9.86. The van der Waals surface area contributed by atoms with Gasteiger partial charge in [0.25, 0.3) is 0 Å². The minimum Gasteiger partial charge on any atom is -0.495 e. The molecule has 0 saturated heterocycles. The van der Waals surface area contributed by atoms with Gasteiger partial charge in [-0.3, -0.25) is 4.79 Å². The van der Waals surface area contributed by atoms with Gasteiger partial charge in [0.2, 0.25) is 5.91 Å². The van der Waals surface area contributed by atoms with Crippen LogP contribution < -0.4 is 15.8 Å². The number of nitrogens with one attached hydrogen (secondary N) is 1. The fourth-order valence-corrected chi connectivity index (χ4v) is 1.59. The minimum absolute atomic E-state index is 0.0403. The van der Waals surface area contributed by atoms with Crippen molar-refractivity contribution < 1.29 is 9.53 Å². The van der Waals surface area contributed by atoms with Crippen molar-refractivity contribution in [2.45, 2.75) is 39.2 Å². The molecule has 100 valence electrons. The van der Waals surface area contributed by atoms with E-state index in [2.05, 4.69) is 26.1 Å². The predicted octanol–water partition coefficient (Wildman–Crippen LogP) is 2.28. The molecule has 4 nitrogen and oxygen atoms in total. The molecule has 0 unspecified atom stereocenters. The van der Waals surface area contributed by atoms with Crippen molar-refractivity contribution >= 4 is 11.6 Å². The van der Waals surface area contributed by atoms with Gasteiger partial charge in [-0.25, -0.2) is 0 Å². The number of ether oxygens (including phenoxy) is 1. The number of methoxy groups -OCH3 is 1. The maximum absolute atomic E-state index is 11.1. The molecule has 0 bridgehead atoms. The summed E-state index contributed by atoms with van der Waals surface area (Å²) in [5, 5.41) is 3.07. The van der Waals surface area contributed by atoms with Crippen LogP contribution in [-0.2, 0) is 10.2 Å². The number of anilines is 1. The van der Waals surface area contributed by atoms with Crippen molar-refractivity contribution in [3.8, 4) is 5.75 Å². The third-order valence-electron chi connectivity index (χ3n) is 2.86. The molecule has 0 aromatic heterocycles. The van der Waals surface area contributed by atoms with Gasteiger partial charge in [0, 0.05) is 0 Å². The largest absolute Gasteiger partial charge is 0.495 e. The van der Waals surface area contributed by atoms with Crippen molar-refractivity contribution in [3.63, 3.8) is 0 Å². The predicted molar refractivity (Wildman–Crippen MR) is 74.0 cm³/mol. The molecule has 18 heavy (non-hydrogen) atoms. The summed E-state index contributed by atoms with van der Waals surface area (Å²) in [5.41, 5.74) is 7.25. The standard InChI is InChI=1S/C14H22N2O2/c1-9(13(15)17)16-11-8-10(14(2,3)4)6-7-12(11)18-5/h6-9,16H,1-5H3,(H2,15,17)/t9-/m1/s1. The van der Waals surface area contributed by atoms with E-state index in [1.807, 2.05) is 18.2 Å². The lowest BCUT2D eigenvalue weighted by molar-refractivity contribution is -0.118. The lowest BCUT2D eigenvalue weighted by Crippen LogP contribution is -2.32. The molecule has 0 radical (unpaired) electrons. The molecule has 0 fully saturated rings. The van der Waals surface area contributed by atoms with Crippen molar-refractivity contribution in [2.24, 2.45) is 5.73 Å². The highest BCUT2D eigenvalue weighted by molar-refractivity contribution is 5.83. The Labute approximate surface area is 109 Å². The van der Waals surface area contributed by atoms with Crippen LogP contribution >= 0.6 is 0 Å². The zero-order valence-corrected chi connectivity index (χ0v) is 11.7. The maximum Gasteiger partial charge on any atom is 0.239 e. The summed E-state index contributed by atoms with van der Waals surface area (Å²) >= 11 is 0. The second-order valence-electron chi connectivity index (χ2n) is 5.43. The number of nitrogens with two attached hydrogens (primary N) is 1. The van der Waals surface area contributed by atoms with E-state index in [1.54, 1.807) is 14.0 Å². The molecular formula is C14H22N2O2. The van der Waals surface area contributed by atoms with E-state index in [0.29, 0.717) is 5.75 Å². The summed E-state index contributed by atoms with van der Waals surface area (Å²) in [7, 11) is 1.60. The molecule has 3 N–H and O–H groups in total. The van der Waals surface area contributed by atoms with E-state index in [0.717, 1.165) is 5.69 Å². The molecule has 0 heterocycles. The minimum atomic E-state index is -0.436. The summed E-state index contributed by atoms with van der Waals surface area (Å²) in [6, 6.07) is 5.49. The van der Waals surface area contributed by atoms with Crippen LogP contribution in [-0.4, -0.2) is 19.1 Å². The van der Waals surface area contributed by atoms with Crippen molar-refractivity contribution in [2.75, 3.05) is 12.4 Å². The molecule has 0 aliphatic rings. The summed E-state index contributed by atoms with van der Waals surface area (Å²) in [6.07, 6.45) is 0. The van der Waals surface area contributed by atoms with Crippen LogP contribution in [0.5, 0.6) is 5.75 Å². The van der Waals surface area contributed by atoms with Gasteiger partial charge in [-0.1, -0.05) is 26.8 Å². The normalized spacial score (nSPS) is 12.9. The molecule has 4 heteroatoms. The van der Waals surface area contributed by atoms with E-state index in [-0.39, 0.29) is 5.41 Å². The van der Waals surface area contributed by atoms with Gasteiger partial charge in [0.15, 0.2) is 0 Å². The lowest BCUT2D eigenvalue weighted by Gasteiger charge is -2.22. The Morgan fingerprint density at radius 3 is 2.44 bits per heavy atom. The summed E-state index contributed by atoms with van der Waals surface area (Å²) in [4.78, 5) is 11.1. The first kappa shape index (κ1) is 14.4. The van der Waals surface area contributed by atoms with Crippen LogP contribution in [0.2, 0.25) is 0 Å². The molecule has 0 spiro atoms. The Bertz CT molecular complexity index is 436. The van der Waals surface area contributed by atoms with E-state index >= 15 is 0 Å². The first-order valence-electron chi connectivity index (χ1n) is 6.00. The summed E-state index contributed by atoms with van der Waals surface area (Å²) < 4.78 is 5.28. The Hall–Kier alpha value is -1.71. The number of hydrogen-bond acceptors (Lipinski definition) is 3. The number of amides is 1. The molecule has 0 aliphatic carbocycles. The number of benzene rings is 1. The van der Waals surface area contributed by atoms with Crippen LogP contribution in [0.3, 0.4) is 0 Å². The molecular weight excluding hydrogens is 228 g/mol. The Kier molecular flexibility index (Phi) is 4.22. The fraction of sp³-hybridized carbons (Fsp3) is 0.500. The zero-order valence-electron chi connectivity index (χ0n) is 11.7. The van der Waals surface area contributed by atoms with Gasteiger partial charge >= 0.3 is 0 Å². The maximum atomic E-state index is 11.1. The molecule has 1 aromatic rings. The van der Waals surface area contributed by atoms with E-state index in [1.165, 1.54) is 5.56 Å². The average Bonchev–Trinajstić information content (AvgIpc) is 2.27. The molecule has 1 rings (SSSR count). The molecule has 0 aliphatic heterocycles. The van der Waals surface area contributed by atoms with Crippen LogP contribution in [0.15, 0.2) is 18.2 Å².